The average molecular weight is 382 g/mol. The lowest BCUT2D eigenvalue weighted by Gasteiger charge is -2.27. The molecule has 0 radical (unpaired) electrons. The summed E-state index contributed by atoms with van der Waals surface area (Å²) in [4.78, 5) is 14.9. The molecular formula is C22H27FN4O. The van der Waals surface area contributed by atoms with Crippen LogP contribution in [0.5, 0.6) is 0 Å². The van der Waals surface area contributed by atoms with Crippen LogP contribution in [0.3, 0.4) is 0 Å². The number of nitrogens with zero attached hydrogens (tertiary/aromatic N) is 3. The number of aryl methyl sites for hydroxylation is 2. The number of hydrogen-bond donors (Lipinski definition) is 1. The number of hydrogen-bond acceptors (Lipinski definition) is 3. The second-order valence-electron chi connectivity index (χ2n) is 7.88. The van der Waals surface area contributed by atoms with E-state index in [1.54, 1.807) is 6.07 Å². The Balaban J connectivity index is 1.50. The zero-order chi connectivity index (χ0) is 19.5. The summed E-state index contributed by atoms with van der Waals surface area (Å²) < 4.78 is 15.2. The highest BCUT2D eigenvalue weighted by Crippen LogP contribution is 2.27. The number of likely N-dealkylation sites (tertiary alicyclic amines) is 1. The van der Waals surface area contributed by atoms with Gasteiger partial charge in [-0.3, -0.25) is 4.79 Å². The Morgan fingerprint density at radius 1 is 1.29 bits per heavy atom. The lowest BCUT2D eigenvalue weighted by molar-refractivity contribution is -0.134. The first-order chi connectivity index (χ1) is 13.7. The fourth-order valence-electron chi connectivity index (χ4n) is 4.77. The second kappa shape index (κ2) is 8.32. The quantitative estimate of drug-likeness (QED) is 0.835. The van der Waals surface area contributed by atoms with E-state index in [2.05, 4.69) is 22.4 Å². The Morgan fingerprint density at radius 3 is 2.93 bits per heavy atom. The summed E-state index contributed by atoms with van der Waals surface area (Å²) in [6.45, 7) is 1.64. The van der Waals surface area contributed by atoms with Crippen molar-refractivity contribution in [2.24, 2.45) is 0 Å². The fourth-order valence-corrected chi connectivity index (χ4v) is 4.77. The normalized spacial score (nSPS) is 22.1. The van der Waals surface area contributed by atoms with E-state index in [0.29, 0.717) is 12.1 Å². The molecule has 148 valence electrons. The van der Waals surface area contributed by atoms with Crippen molar-refractivity contribution < 1.29 is 9.18 Å². The third kappa shape index (κ3) is 3.64. The zero-order valence-corrected chi connectivity index (χ0v) is 16.2. The van der Waals surface area contributed by atoms with Crippen LogP contribution in [0.25, 0.3) is 10.9 Å². The van der Waals surface area contributed by atoms with Crippen LogP contribution < -0.4 is 5.32 Å². The van der Waals surface area contributed by atoms with Gasteiger partial charge in [-0.1, -0.05) is 6.07 Å². The number of nitriles is 1. The first kappa shape index (κ1) is 18.9. The second-order valence-corrected chi connectivity index (χ2v) is 7.88. The van der Waals surface area contributed by atoms with Crippen LogP contribution in [0, 0.1) is 11.3 Å². The SMILES string of the molecule is N#Cc1ccc2cc(CC[C@@H]3CCCN3C(=O)[C@H]3CCCN3)n(CCF)c2c1. The highest BCUT2D eigenvalue weighted by Gasteiger charge is 2.34. The van der Waals surface area contributed by atoms with Crippen molar-refractivity contribution in [2.75, 3.05) is 19.8 Å². The molecule has 2 saturated heterocycles. The number of fused-ring (bicyclic) bond motifs is 1. The van der Waals surface area contributed by atoms with Crippen molar-refractivity contribution in [1.29, 1.82) is 5.26 Å². The van der Waals surface area contributed by atoms with Crippen molar-refractivity contribution in [3.8, 4) is 6.07 Å². The smallest absolute Gasteiger partial charge is 0.239 e. The van der Waals surface area contributed by atoms with E-state index in [1.807, 2.05) is 16.7 Å². The fraction of sp³-hybridized carbons (Fsp3) is 0.545. The van der Waals surface area contributed by atoms with Crippen LogP contribution in [-0.2, 0) is 17.8 Å². The summed E-state index contributed by atoms with van der Waals surface area (Å²) in [5, 5.41) is 13.5. The minimum absolute atomic E-state index is 0.0111. The molecule has 1 aromatic heterocycles. The average Bonchev–Trinajstić information content (AvgIpc) is 3.46. The molecule has 28 heavy (non-hydrogen) atoms. The molecule has 0 saturated carbocycles. The molecule has 1 aromatic carbocycles. The van der Waals surface area contributed by atoms with Crippen LogP contribution in [0.15, 0.2) is 24.3 Å². The van der Waals surface area contributed by atoms with E-state index in [9.17, 15) is 9.18 Å². The molecule has 2 atom stereocenters. The molecule has 0 spiro atoms. The van der Waals surface area contributed by atoms with Gasteiger partial charge in [0, 0.05) is 23.8 Å². The van der Waals surface area contributed by atoms with Gasteiger partial charge in [-0.15, -0.1) is 0 Å². The summed E-state index contributed by atoms with van der Waals surface area (Å²) in [6.07, 6.45) is 5.81. The van der Waals surface area contributed by atoms with Gasteiger partial charge < -0.3 is 14.8 Å². The number of alkyl halides is 1. The van der Waals surface area contributed by atoms with Crippen molar-refractivity contribution in [3.05, 3.63) is 35.5 Å². The van der Waals surface area contributed by atoms with E-state index < -0.39 is 6.67 Å². The number of halogens is 1. The Kier molecular flexibility index (Phi) is 5.63. The van der Waals surface area contributed by atoms with Crippen molar-refractivity contribution in [2.45, 2.75) is 57.2 Å². The molecule has 3 heterocycles. The molecule has 2 aliphatic heterocycles. The molecule has 2 aliphatic rings. The minimum atomic E-state index is -0.436. The van der Waals surface area contributed by atoms with Gasteiger partial charge in [-0.2, -0.15) is 5.26 Å². The molecule has 1 N–H and O–H groups in total. The standard InChI is InChI=1S/C22H27FN4O/c23-9-12-26-19(14-17-6-5-16(15-24)13-21(17)26)8-7-18-3-2-11-27(18)22(28)20-4-1-10-25-20/h5-6,13-14,18,20,25H,1-4,7-12H2/t18-,20+/m0/s1. The number of rotatable bonds is 6. The van der Waals surface area contributed by atoms with Crippen molar-refractivity contribution in [1.82, 2.24) is 14.8 Å². The Labute approximate surface area is 165 Å². The molecule has 2 fully saturated rings. The Hall–Kier alpha value is -2.39. The van der Waals surface area contributed by atoms with Gasteiger partial charge in [-0.25, -0.2) is 4.39 Å². The number of benzene rings is 1. The largest absolute Gasteiger partial charge is 0.342 e. The summed E-state index contributed by atoms with van der Waals surface area (Å²) in [5.41, 5.74) is 2.59. The molecule has 6 heteroatoms. The monoisotopic (exact) mass is 382 g/mol. The maximum absolute atomic E-state index is 13.2. The lowest BCUT2D eigenvalue weighted by atomic mass is 10.1. The zero-order valence-electron chi connectivity index (χ0n) is 16.2. The Bertz CT molecular complexity index is 894. The molecule has 5 nitrogen and oxygen atoms in total. The summed E-state index contributed by atoms with van der Waals surface area (Å²) in [5.74, 6) is 0.253. The third-order valence-electron chi connectivity index (χ3n) is 6.18. The summed E-state index contributed by atoms with van der Waals surface area (Å²) in [7, 11) is 0. The minimum Gasteiger partial charge on any atom is -0.342 e. The van der Waals surface area contributed by atoms with E-state index in [4.69, 9.17) is 5.26 Å². The lowest BCUT2D eigenvalue weighted by Crippen LogP contribution is -2.45. The molecule has 0 aliphatic carbocycles. The number of carbonyl (C=O) groups excluding carboxylic acids is 1. The van der Waals surface area contributed by atoms with Crippen LogP contribution >= 0.6 is 0 Å². The maximum atomic E-state index is 13.2. The van der Waals surface area contributed by atoms with E-state index in [1.165, 1.54) is 0 Å². The topological polar surface area (TPSA) is 61.1 Å². The van der Waals surface area contributed by atoms with Crippen LogP contribution in [-0.4, -0.2) is 47.2 Å². The maximum Gasteiger partial charge on any atom is 0.239 e. The molecule has 4 rings (SSSR count). The highest BCUT2D eigenvalue weighted by molar-refractivity contribution is 5.83. The number of nitrogens with one attached hydrogen (secondary N) is 1. The first-order valence-corrected chi connectivity index (χ1v) is 10.3. The summed E-state index contributed by atoms with van der Waals surface area (Å²) in [6, 6.07) is 10.1. The molecule has 1 amide bonds. The van der Waals surface area contributed by atoms with Gasteiger partial charge >= 0.3 is 0 Å². The third-order valence-corrected chi connectivity index (χ3v) is 6.18. The van der Waals surface area contributed by atoms with Crippen LogP contribution in [0.4, 0.5) is 4.39 Å². The van der Waals surface area contributed by atoms with E-state index in [0.717, 1.165) is 68.2 Å². The molecule has 0 bridgehead atoms. The molecule has 2 aromatic rings. The van der Waals surface area contributed by atoms with Gasteiger partial charge in [0.05, 0.1) is 24.2 Å². The molecular weight excluding hydrogens is 355 g/mol. The predicted molar refractivity (Wildman–Crippen MR) is 107 cm³/mol. The molecule has 0 unspecified atom stereocenters. The van der Waals surface area contributed by atoms with Crippen LogP contribution in [0.2, 0.25) is 0 Å². The van der Waals surface area contributed by atoms with Gasteiger partial charge in [0.15, 0.2) is 0 Å². The van der Waals surface area contributed by atoms with Crippen LogP contribution in [0.1, 0.15) is 43.4 Å². The van der Waals surface area contributed by atoms with Gasteiger partial charge in [0.2, 0.25) is 5.91 Å². The summed E-state index contributed by atoms with van der Waals surface area (Å²) >= 11 is 0. The van der Waals surface area contributed by atoms with Crippen molar-refractivity contribution >= 4 is 16.8 Å². The van der Waals surface area contributed by atoms with Gasteiger partial charge in [0.1, 0.15) is 6.67 Å². The van der Waals surface area contributed by atoms with E-state index in [-0.39, 0.29) is 18.0 Å². The van der Waals surface area contributed by atoms with Crippen molar-refractivity contribution in [3.63, 3.8) is 0 Å². The van der Waals surface area contributed by atoms with Gasteiger partial charge in [-0.05, 0) is 68.7 Å². The predicted octanol–water partition coefficient (Wildman–Crippen LogP) is 3.16. The first-order valence-electron chi connectivity index (χ1n) is 10.3. The van der Waals surface area contributed by atoms with E-state index >= 15 is 0 Å². The number of aromatic nitrogens is 1. The Morgan fingerprint density at radius 2 is 2.18 bits per heavy atom. The number of amides is 1. The number of carbonyl (C=O) groups is 1. The highest BCUT2D eigenvalue weighted by atomic mass is 19.1. The van der Waals surface area contributed by atoms with Gasteiger partial charge in [0.25, 0.3) is 0 Å².